The molecule has 0 radical (unpaired) electrons. The first-order valence-electron chi connectivity index (χ1n) is 10.1. The normalized spacial score (nSPS) is 17.3. The van der Waals surface area contributed by atoms with Gasteiger partial charge in [-0.15, -0.1) is 0 Å². The SMILES string of the molecule is CCOP(=O)(OCC)C1=CCN(S(=O)(=O)c2ccc(C)cc2)C1c1ccc([N+](=O)[O-])cc1. The van der Waals surface area contributed by atoms with E-state index in [9.17, 15) is 23.1 Å². The Morgan fingerprint density at radius 1 is 1.06 bits per heavy atom. The van der Waals surface area contributed by atoms with Crippen molar-refractivity contribution in [1.29, 1.82) is 0 Å². The van der Waals surface area contributed by atoms with E-state index in [1.807, 2.05) is 6.92 Å². The number of sulfonamides is 1. The Kier molecular flexibility index (Phi) is 7.32. The zero-order valence-corrected chi connectivity index (χ0v) is 19.7. The number of aryl methyl sites for hydroxylation is 1. The molecule has 1 atom stereocenters. The third-order valence-electron chi connectivity index (χ3n) is 5.01. The Morgan fingerprint density at radius 3 is 2.12 bits per heavy atom. The highest BCUT2D eigenvalue weighted by molar-refractivity contribution is 7.89. The predicted molar refractivity (Wildman–Crippen MR) is 120 cm³/mol. The quantitative estimate of drug-likeness (QED) is 0.288. The number of hydrogen-bond donors (Lipinski definition) is 0. The molecule has 0 saturated heterocycles. The lowest BCUT2D eigenvalue weighted by Crippen LogP contribution is -2.32. The molecule has 3 rings (SSSR count). The monoisotopic (exact) mass is 480 g/mol. The van der Waals surface area contributed by atoms with Crippen molar-refractivity contribution in [3.05, 3.63) is 81.2 Å². The lowest BCUT2D eigenvalue weighted by Gasteiger charge is -2.29. The van der Waals surface area contributed by atoms with E-state index in [0.29, 0.717) is 5.56 Å². The van der Waals surface area contributed by atoms with Gasteiger partial charge in [0.2, 0.25) is 10.0 Å². The molecule has 0 aromatic heterocycles. The molecule has 0 aliphatic carbocycles. The van der Waals surface area contributed by atoms with Gasteiger partial charge in [0.25, 0.3) is 5.69 Å². The van der Waals surface area contributed by atoms with Crippen LogP contribution in [-0.2, 0) is 23.6 Å². The maximum Gasteiger partial charge on any atom is 0.359 e. The van der Waals surface area contributed by atoms with Crippen LogP contribution >= 0.6 is 7.60 Å². The molecule has 1 aliphatic heterocycles. The van der Waals surface area contributed by atoms with E-state index >= 15 is 0 Å². The second-order valence-corrected chi connectivity index (χ2v) is 11.0. The molecule has 1 aliphatic rings. The molecule has 1 heterocycles. The number of benzene rings is 2. The first-order chi connectivity index (χ1) is 15.1. The molecule has 0 N–H and O–H groups in total. The fraction of sp³-hybridized carbons (Fsp3) is 0.333. The standard InChI is InChI=1S/C21H25N2O7PS/c1-4-29-31(26,30-5-2)20-14-15-22(32(27,28)19-12-6-16(3)7-13-19)21(20)17-8-10-18(11-9-17)23(24)25/h6-14,21H,4-5,15H2,1-3H3. The van der Waals surface area contributed by atoms with E-state index in [-0.39, 0.29) is 35.7 Å². The second-order valence-electron chi connectivity index (χ2n) is 7.10. The van der Waals surface area contributed by atoms with Crippen molar-refractivity contribution in [3.63, 3.8) is 0 Å². The van der Waals surface area contributed by atoms with Crippen LogP contribution in [0.25, 0.3) is 0 Å². The third kappa shape index (κ3) is 4.69. The molecular weight excluding hydrogens is 455 g/mol. The van der Waals surface area contributed by atoms with Gasteiger partial charge in [0.15, 0.2) is 0 Å². The molecule has 11 heteroatoms. The van der Waals surface area contributed by atoms with Gasteiger partial charge in [-0.05, 0) is 38.5 Å². The molecule has 2 aromatic carbocycles. The highest BCUT2D eigenvalue weighted by Gasteiger charge is 2.46. The Hall–Kier alpha value is -2.36. The summed E-state index contributed by atoms with van der Waals surface area (Å²) in [6.45, 7) is 5.35. The number of nitro groups is 1. The summed E-state index contributed by atoms with van der Waals surface area (Å²) in [5.74, 6) is 0. The summed E-state index contributed by atoms with van der Waals surface area (Å²) < 4.78 is 52.8. The van der Waals surface area contributed by atoms with Crippen LogP contribution in [0.2, 0.25) is 0 Å². The molecule has 9 nitrogen and oxygen atoms in total. The van der Waals surface area contributed by atoms with Crippen molar-refractivity contribution in [3.8, 4) is 0 Å². The number of hydrogen-bond acceptors (Lipinski definition) is 7. The fourth-order valence-electron chi connectivity index (χ4n) is 3.53. The molecule has 0 bridgehead atoms. The van der Waals surface area contributed by atoms with Gasteiger partial charge in [0.05, 0.1) is 34.4 Å². The first kappa shape index (κ1) is 24.3. The van der Waals surface area contributed by atoms with Gasteiger partial charge in [-0.2, -0.15) is 4.31 Å². The zero-order valence-electron chi connectivity index (χ0n) is 18.0. The maximum atomic E-state index is 13.6. The van der Waals surface area contributed by atoms with Crippen LogP contribution in [-0.4, -0.2) is 37.4 Å². The van der Waals surface area contributed by atoms with Crippen LogP contribution in [0, 0.1) is 17.0 Å². The Balaban J connectivity index is 2.12. The summed E-state index contributed by atoms with van der Waals surface area (Å²) in [6, 6.07) is 10.9. The van der Waals surface area contributed by atoms with Gasteiger partial charge in [-0.3, -0.25) is 14.7 Å². The summed E-state index contributed by atoms with van der Waals surface area (Å²) in [7, 11) is -7.79. The molecule has 0 saturated carbocycles. The van der Waals surface area contributed by atoms with Crippen LogP contribution in [0.1, 0.15) is 31.0 Å². The minimum Gasteiger partial charge on any atom is -0.306 e. The smallest absolute Gasteiger partial charge is 0.306 e. The van der Waals surface area contributed by atoms with Crippen LogP contribution in [0.5, 0.6) is 0 Å². The number of nitro benzene ring substituents is 1. The molecule has 0 amide bonds. The van der Waals surface area contributed by atoms with Crippen molar-refractivity contribution < 1.29 is 27.0 Å². The minimum absolute atomic E-state index is 0.0443. The second kappa shape index (κ2) is 9.64. The van der Waals surface area contributed by atoms with Crippen molar-refractivity contribution in [1.82, 2.24) is 4.31 Å². The minimum atomic E-state index is -3.99. The van der Waals surface area contributed by atoms with Gasteiger partial charge < -0.3 is 9.05 Å². The highest BCUT2D eigenvalue weighted by Crippen LogP contribution is 2.63. The number of rotatable bonds is 9. The van der Waals surface area contributed by atoms with Gasteiger partial charge in [0.1, 0.15) is 0 Å². The van der Waals surface area contributed by atoms with Crippen molar-refractivity contribution >= 4 is 23.3 Å². The average Bonchev–Trinajstić information content (AvgIpc) is 3.21. The summed E-state index contributed by atoms with van der Waals surface area (Å²) in [5.41, 5.74) is 1.20. The van der Waals surface area contributed by atoms with Crippen molar-refractivity contribution in [2.75, 3.05) is 19.8 Å². The zero-order chi connectivity index (χ0) is 23.5. The summed E-state index contributed by atoms with van der Waals surface area (Å²) in [5, 5.41) is 11.3. The van der Waals surface area contributed by atoms with Crippen LogP contribution < -0.4 is 0 Å². The van der Waals surface area contributed by atoms with Crippen LogP contribution in [0.15, 0.2) is 64.8 Å². The van der Waals surface area contributed by atoms with Gasteiger partial charge in [-0.25, -0.2) is 8.42 Å². The summed E-state index contributed by atoms with van der Waals surface area (Å²) >= 11 is 0. The summed E-state index contributed by atoms with van der Waals surface area (Å²) in [4.78, 5) is 10.6. The van der Waals surface area contributed by atoms with Gasteiger partial charge >= 0.3 is 7.60 Å². The Bertz CT molecular complexity index is 1150. The van der Waals surface area contributed by atoms with E-state index in [0.717, 1.165) is 5.56 Å². The van der Waals surface area contributed by atoms with E-state index in [1.54, 1.807) is 32.1 Å². The molecule has 0 fully saturated rings. The largest absolute Gasteiger partial charge is 0.359 e. The van der Waals surface area contributed by atoms with Gasteiger partial charge in [-0.1, -0.05) is 35.9 Å². The van der Waals surface area contributed by atoms with Crippen LogP contribution in [0.3, 0.4) is 0 Å². The van der Waals surface area contributed by atoms with E-state index < -0.39 is 28.6 Å². The number of non-ortho nitro benzene ring substituents is 1. The first-order valence-corrected chi connectivity index (χ1v) is 13.0. The Labute approximate surface area is 187 Å². The lowest BCUT2D eigenvalue weighted by atomic mass is 10.1. The molecule has 0 spiro atoms. The third-order valence-corrected chi connectivity index (χ3v) is 9.11. The topological polar surface area (TPSA) is 116 Å². The molecule has 2 aromatic rings. The lowest BCUT2D eigenvalue weighted by molar-refractivity contribution is -0.384. The number of nitrogens with zero attached hydrogens (tertiary/aromatic N) is 2. The predicted octanol–water partition coefficient (Wildman–Crippen LogP) is 4.80. The fourth-order valence-corrected chi connectivity index (χ4v) is 7.09. The van der Waals surface area contributed by atoms with Gasteiger partial charge in [0, 0.05) is 18.7 Å². The molecule has 32 heavy (non-hydrogen) atoms. The molecule has 172 valence electrons. The molecular formula is C21H25N2O7PS. The van der Waals surface area contributed by atoms with Crippen LogP contribution in [0.4, 0.5) is 5.69 Å². The van der Waals surface area contributed by atoms with E-state index in [4.69, 9.17) is 9.05 Å². The van der Waals surface area contributed by atoms with Crippen molar-refractivity contribution in [2.24, 2.45) is 0 Å². The molecule has 1 unspecified atom stereocenters. The average molecular weight is 480 g/mol. The highest BCUT2D eigenvalue weighted by atomic mass is 32.2. The Morgan fingerprint density at radius 2 is 1.62 bits per heavy atom. The summed E-state index contributed by atoms with van der Waals surface area (Å²) in [6.07, 6.45) is 1.55. The maximum absolute atomic E-state index is 13.6. The van der Waals surface area contributed by atoms with Crippen molar-refractivity contribution in [2.45, 2.75) is 31.7 Å². The van der Waals surface area contributed by atoms with E-state index in [1.165, 1.54) is 40.7 Å². The van der Waals surface area contributed by atoms with E-state index in [2.05, 4.69) is 0 Å².